The molecule has 2 heterocycles. The number of unbranched alkanes of at least 4 members (excludes halogenated alkanes) is 7. The number of aliphatic hydroxyl groups excluding tert-OH is 1. The van der Waals surface area contributed by atoms with Gasteiger partial charge in [-0.15, -0.1) is 0 Å². The fourth-order valence-electron chi connectivity index (χ4n) is 4.71. The molecule has 12 heteroatoms. The van der Waals surface area contributed by atoms with E-state index in [-0.39, 0.29) is 18.8 Å². The normalized spacial score (nSPS) is 17.2. The van der Waals surface area contributed by atoms with Crippen LogP contribution < -0.4 is 11.0 Å². The number of nitrogens with zero attached hydrogens (tertiary/aromatic N) is 2. The van der Waals surface area contributed by atoms with E-state index < -0.39 is 60.4 Å². The van der Waals surface area contributed by atoms with Gasteiger partial charge in [-0.05, 0) is 33.3 Å². The summed E-state index contributed by atoms with van der Waals surface area (Å²) in [4.78, 5) is 41.3. The van der Waals surface area contributed by atoms with Crippen LogP contribution in [0.15, 0.2) is 17.1 Å². The first-order valence-corrected chi connectivity index (χ1v) is 14.7. The standard InChI is InChI=1S/C29H47F2N3O7/c1-5-6-7-8-9-10-11-12-13-23(29(30,31)18-21(19-35)25(36)40-22-15-17-39-20-22)34-16-14-24(32-26(34)37)33-27(38)41-28(2,3)4/h14,16,21-23,35H,5-13,15,17-20H2,1-4H3,(H,32,33,37,38). The van der Waals surface area contributed by atoms with E-state index in [9.17, 15) is 19.5 Å². The van der Waals surface area contributed by atoms with Crippen molar-refractivity contribution in [2.24, 2.45) is 5.92 Å². The van der Waals surface area contributed by atoms with Crippen molar-refractivity contribution in [2.45, 2.75) is 122 Å². The molecule has 10 nitrogen and oxygen atoms in total. The minimum absolute atomic E-state index is 0.0357. The molecule has 0 radical (unpaired) electrons. The molecule has 0 spiro atoms. The van der Waals surface area contributed by atoms with Gasteiger partial charge in [0.1, 0.15) is 23.6 Å². The Morgan fingerprint density at radius 2 is 1.83 bits per heavy atom. The molecule has 1 aromatic heterocycles. The van der Waals surface area contributed by atoms with Gasteiger partial charge in [0.25, 0.3) is 5.92 Å². The summed E-state index contributed by atoms with van der Waals surface area (Å²) in [6.45, 7) is 6.94. The summed E-state index contributed by atoms with van der Waals surface area (Å²) in [6, 6.07) is -0.366. The van der Waals surface area contributed by atoms with Crippen LogP contribution in [0.5, 0.6) is 0 Å². The van der Waals surface area contributed by atoms with Gasteiger partial charge in [-0.25, -0.2) is 18.4 Å². The van der Waals surface area contributed by atoms with E-state index in [1.165, 1.54) is 12.5 Å². The summed E-state index contributed by atoms with van der Waals surface area (Å²) in [5, 5.41) is 12.1. The molecule has 3 unspecified atom stereocenters. The van der Waals surface area contributed by atoms with Gasteiger partial charge in [-0.2, -0.15) is 4.98 Å². The lowest BCUT2D eigenvalue weighted by molar-refractivity contribution is -0.161. The molecule has 1 fully saturated rings. The summed E-state index contributed by atoms with van der Waals surface area (Å²) in [6.07, 6.45) is 6.83. The Hall–Kier alpha value is -2.60. The quantitative estimate of drug-likeness (QED) is 0.177. The third-order valence-corrected chi connectivity index (χ3v) is 6.86. The maximum absolute atomic E-state index is 15.9. The molecule has 3 atom stereocenters. The van der Waals surface area contributed by atoms with Gasteiger partial charge in [0, 0.05) is 19.0 Å². The largest absolute Gasteiger partial charge is 0.460 e. The number of hydrogen-bond donors (Lipinski definition) is 2. The number of amides is 1. The Morgan fingerprint density at radius 1 is 1.17 bits per heavy atom. The van der Waals surface area contributed by atoms with Crippen molar-refractivity contribution in [3.05, 3.63) is 22.7 Å². The predicted molar refractivity (Wildman–Crippen MR) is 150 cm³/mol. The topological polar surface area (TPSA) is 129 Å². The third kappa shape index (κ3) is 12.4. The van der Waals surface area contributed by atoms with E-state index in [0.29, 0.717) is 25.9 Å². The van der Waals surface area contributed by atoms with Crippen LogP contribution in [0.4, 0.5) is 19.4 Å². The molecule has 41 heavy (non-hydrogen) atoms. The summed E-state index contributed by atoms with van der Waals surface area (Å²) in [5.74, 6) is -6.07. The predicted octanol–water partition coefficient (Wildman–Crippen LogP) is 5.63. The first kappa shape index (κ1) is 34.6. The Labute approximate surface area is 241 Å². The Kier molecular flexibility index (Phi) is 14.1. The molecule has 0 aromatic carbocycles. The number of hydrogen-bond acceptors (Lipinski definition) is 8. The van der Waals surface area contributed by atoms with Crippen LogP contribution in [0.3, 0.4) is 0 Å². The smallest absolute Gasteiger partial charge is 0.413 e. The maximum atomic E-state index is 15.9. The number of carbonyl (C=O) groups excluding carboxylic acids is 2. The lowest BCUT2D eigenvalue weighted by Crippen LogP contribution is -2.41. The SMILES string of the molecule is CCCCCCCCCCC(n1ccc(NC(=O)OC(C)(C)C)nc1=O)C(F)(F)CC(CO)C(=O)OC1CCOC1. The number of rotatable bonds is 17. The Bertz CT molecular complexity index is 1010. The molecule has 1 amide bonds. The maximum Gasteiger partial charge on any atom is 0.413 e. The number of nitrogens with one attached hydrogen (secondary N) is 1. The lowest BCUT2D eigenvalue weighted by atomic mass is 9.92. The summed E-state index contributed by atoms with van der Waals surface area (Å²) < 4.78 is 48.1. The monoisotopic (exact) mass is 587 g/mol. The van der Waals surface area contributed by atoms with E-state index in [2.05, 4.69) is 17.2 Å². The zero-order valence-corrected chi connectivity index (χ0v) is 24.8. The Balaban J connectivity index is 2.17. The first-order valence-electron chi connectivity index (χ1n) is 14.7. The third-order valence-electron chi connectivity index (χ3n) is 6.86. The second-order valence-electron chi connectivity index (χ2n) is 11.7. The van der Waals surface area contributed by atoms with Crippen molar-refractivity contribution in [1.82, 2.24) is 9.55 Å². The molecule has 0 bridgehead atoms. The van der Waals surface area contributed by atoms with Crippen molar-refractivity contribution in [3.8, 4) is 0 Å². The van der Waals surface area contributed by atoms with E-state index in [4.69, 9.17) is 14.2 Å². The van der Waals surface area contributed by atoms with Crippen LogP contribution >= 0.6 is 0 Å². The van der Waals surface area contributed by atoms with Crippen molar-refractivity contribution in [2.75, 3.05) is 25.1 Å². The van der Waals surface area contributed by atoms with Crippen LogP contribution in [0.25, 0.3) is 0 Å². The lowest BCUT2D eigenvalue weighted by Gasteiger charge is -2.30. The van der Waals surface area contributed by atoms with E-state index >= 15 is 8.78 Å². The number of anilines is 1. The number of carbonyl (C=O) groups is 2. The van der Waals surface area contributed by atoms with Gasteiger partial charge in [0.15, 0.2) is 0 Å². The Morgan fingerprint density at radius 3 is 2.39 bits per heavy atom. The van der Waals surface area contributed by atoms with E-state index in [1.54, 1.807) is 20.8 Å². The van der Waals surface area contributed by atoms with Crippen molar-refractivity contribution >= 4 is 17.9 Å². The molecule has 1 aliphatic rings. The number of alkyl halides is 2. The van der Waals surface area contributed by atoms with E-state index in [1.807, 2.05) is 0 Å². The number of halogens is 2. The van der Waals surface area contributed by atoms with Crippen LogP contribution in [-0.2, 0) is 19.0 Å². The molecular formula is C29H47F2N3O7. The van der Waals surface area contributed by atoms with Gasteiger partial charge < -0.3 is 19.3 Å². The molecular weight excluding hydrogens is 540 g/mol. The van der Waals surface area contributed by atoms with E-state index in [0.717, 1.165) is 42.9 Å². The molecule has 0 aliphatic carbocycles. The molecule has 1 aromatic rings. The molecule has 1 saturated heterocycles. The zero-order valence-electron chi connectivity index (χ0n) is 24.8. The highest BCUT2D eigenvalue weighted by Crippen LogP contribution is 2.38. The highest BCUT2D eigenvalue weighted by atomic mass is 19.3. The van der Waals surface area contributed by atoms with Gasteiger partial charge in [-0.3, -0.25) is 14.7 Å². The molecule has 0 saturated carbocycles. The second-order valence-corrected chi connectivity index (χ2v) is 11.7. The molecule has 2 N–H and O–H groups in total. The van der Waals surface area contributed by atoms with Crippen LogP contribution in [0.1, 0.15) is 104 Å². The van der Waals surface area contributed by atoms with Crippen LogP contribution in [-0.4, -0.2) is 64.2 Å². The molecule has 2 rings (SSSR count). The average Bonchev–Trinajstić information content (AvgIpc) is 3.39. The summed E-state index contributed by atoms with van der Waals surface area (Å²) >= 11 is 0. The minimum Gasteiger partial charge on any atom is -0.460 e. The van der Waals surface area contributed by atoms with Gasteiger partial charge in [0.05, 0.1) is 25.7 Å². The van der Waals surface area contributed by atoms with Gasteiger partial charge in [-0.1, -0.05) is 58.3 Å². The van der Waals surface area contributed by atoms with Crippen LogP contribution in [0.2, 0.25) is 0 Å². The average molecular weight is 588 g/mol. The fraction of sp³-hybridized carbons (Fsp3) is 0.793. The zero-order chi connectivity index (χ0) is 30.5. The highest BCUT2D eigenvalue weighted by molar-refractivity contribution is 5.83. The molecule has 234 valence electrons. The fourth-order valence-corrected chi connectivity index (χ4v) is 4.71. The number of aliphatic hydroxyl groups is 1. The van der Waals surface area contributed by atoms with Crippen molar-refractivity contribution in [3.63, 3.8) is 0 Å². The van der Waals surface area contributed by atoms with Crippen molar-refractivity contribution < 1.29 is 37.7 Å². The van der Waals surface area contributed by atoms with Gasteiger partial charge in [0.2, 0.25) is 0 Å². The van der Waals surface area contributed by atoms with Crippen molar-refractivity contribution in [1.29, 1.82) is 0 Å². The highest BCUT2D eigenvalue weighted by Gasteiger charge is 2.45. The second kappa shape index (κ2) is 16.7. The first-order chi connectivity index (χ1) is 19.4. The number of esters is 1. The number of ether oxygens (including phenoxy) is 3. The summed E-state index contributed by atoms with van der Waals surface area (Å²) in [5.41, 5.74) is -1.76. The van der Waals surface area contributed by atoms with Gasteiger partial charge >= 0.3 is 17.8 Å². The molecule has 1 aliphatic heterocycles. The summed E-state index contributed by atoms with van der Waals surface area (Å²) in [7, 11) is 0. The minimum atomic E-state index is -3.55. The van der Waals surface area contributed by atoms with Crippen LogP contribution in [0, 0.1) is 5.92 Å². The number of aromatic nitrogens is 2.